The van der Waals surface area contributed by atoms with Gasteiger partial charge < -0.3 is 29.1 Å². The van der Waals surface area contributed by atoms with E-state index in [1.54, 1.807) is 12.1 Å². The van der Waals surface area contributed by atoms with Gasteiger partial charge in [-0.3, -0.25) is 0 Å². The Bertz CT molecular complexity index is 652. The molecule has 0 unspecified atom stereocenters. The summed E-state index contributed by atoms with van der Waals surface area (Å²) in [6.07, 6.45) is 2.00. The van der Waals surface area contributed by atoms with Crippen molar-refractivity contribution in [2.45, 2.75) is 0 Å². The van der Waals surface area contributed by atoms with E-state index in [9.17, 15) is 5.11 Å². The van der Waals surface area contributed by atoms with Gasteiger partial charge in [-0.2, -0.15) is 4.40 Å². The largest absolute Gasteiger partial charge is 1.00 e. The van der Waals surface area contributed by atoms with Crippen molar-refractivity contribution >= 4 is 16.4 Å². The SMILES string of the molecule is Oc1ccc2ccc3cccc[n+]3c2c1.[I-]. The standard InChI is InChI=1S/C13H9NO.HI/c15-12-7-5-10-4-6-11-3-1-2-8-14(11)13(10)9-12;/h1-9H;1H. The molecule has 0 aliphatic heterocycles. The maximum absolute atomic E-state index is 9.48. The summed E-state index contributed by atoms with van der Waals surface area (Å²) in [6, 6.07) is 15.6. The third kappa shape index (κ3) is 1.71. The Morgan fingerprint density at radius 1 is 0.938 bits per heavy atom. The van der Waals surface area contributed by atoms with Crippen molar-refractivity contribution in [1.82, 2.24) is 0 Å². The summed E-state index contributed by atoms with van der Waals surface area (Å²) < 4.78 is 2.06. The third-order valence-electron chi connectivity index (χ3n) is 2.60. The molecule has 3 rings (SSSR count). The van der Waals surface area contributed by atoms with Crippen LogP contribution in [0.2, 0.25) is 0 Å². The minimum atomic E-state index is 0. The van der Waals surface area contributed by atoms with Crippen LogP contribution in [0.5, 0.6) is 5.75 Å². The van der Waals surface area contributed by atoms with Gasteiger partial charge in [0.05, 0.1) is 6.07 Å². The molecule has 0 aliphatic rings. The van der Waals surface area contributed by atoms with Crippen LogP contribution < -0.4 is 28.4 Å². The molecule has 1 N–H and O–H groups in total. The van der Waals surface area contributed by atoms with Gasteiger partial charge in [0, 0.05) is 23.6 Å². The normalized spacial score (nSPS) is 10.2. The number of aromatic nitrogens is 1. The maximum atomic E-state index is 9.48. The molecule has 0 saturated carbocycles. The zero-order valence-electron chi connectivity index (χ0n) is 8.47. The van der Waals surface area contributed by atoms with E-state index in [1.165, 1.54) is 0 Å². The number of benzene rings is 1. The highest BCUT2D eigenvalue weighted by Crippen LogP contribution is 2.17. The molecule has 3 aromatic rings. The predicted molar refractivity (Wildman–Crippen MR) is 58.8 cm³/mol. The topological polar surface area (TPSA) is 24.3 Å². The van der Waals surface area contributed by atoms with Crippen molar-refractivity contribution in [3.8, 4) is 5.75 Å². The van der Waals surface area contributed by atoms with Crippen LogP contribution in [-0.2, 0) is 0 Å². The van der Waals surface area contributed by atoms with E-state index in [0.717, 1.165) is 16.4 Å². The molecule has 2 heterocycles. The van der Waals surface area contributed by atoms with Gasteiger partial charge in [-0.1, -0.05) is 0 Å². The highest BCUT2D eigenvalue weighted by atomic mass is 127. The maximum Gasteiger partial charge on any atom is 0.222 e. The van der Waals surface area contributed by atoms with Crippen LogP contribution >= 0.6 is 0 Å². The van der Waals surface area contributed by atoms with Crippen LogP contribution in [0.3, 0.4) is 0 Å². The molecule has 1 aromatic carbocycles. The fourth-order valence-electron chi connectivity index (χ4n) is 1.87. The molecule has 0 atom stereocenters. The van der Waals surface area contributed by atoms with Gasteiger partial charge in [-0.15, -0.1) is 0 Å². The molecular weight excluding hydrogens is 313 g/mol. The van der Waals surface area contributed by atoms with E-state index < -0.39 is 0 Å². The Balaban J connectivity index is 0.000000963. The Labute approximate surface area is 110 Å². The second kappa shape index (κ2) is 4.25. The van der Waals surface area contributed by atoms with Gasteiger partial charge in [-0.25, -0.2) is 0 Å². The first-order chi connectivity index (χ1) is 7.34. The zero-order chi connectivity index (χ0) is 10.3. The van der Waals surface area contributed by atoms with Crippen LogP contribution in [0.25, 0.3) is 16.4 Å². The molecule has 3 heteroatoms. The predicted octanol–water partition coefficient (Wildman–Crippen LogP) is -0.712. The number of aromatic hydroxyl groups is 1. The van der Waals surface area contributed by atoms with Crippen LogP contribution in [0, 0.1) is 0 Å². The number of phenols is 1. The van der Waals surface area contributed by atoms with Crippen LogP contribution in [0.4, 0.5) is 0 Å². The average Bonchev–Trinajstić information content (AvgIpc) is 2.29. The van der Waals surface area contributed by atoms with Crippen molar-refractivity contribution in [1.29, 1.82) is 0 Å². The quantitative estimate of drug-likeness (QED) is 0.330. The Morgan fingerprint density at radius 3 is 2.62 bits per heavy atom. The van der Waals surface area contributed by atoms with Gasteiger partial charge in [0.2, 0.25) is 11.0 Å². The van der Waals surface area contributed by atoms with Crippen molar-refractivity contribution in [2.24, 2.45) is 0 Å². The molecule has 16 heavy (non-hydrogen) atoms. The number of rotatable bonds is 0. The van der Waals surface area contributed by atoms with Gasteiger partial charge >= 0.3 is 0 Å². The molecule has 0 saturated heterocycles. The highest BCUT2D eigenvalue weighted by molar-refractivity contribution is 5.78. The second-order valence-corrected chi connectivity index (χ2v) is 3.57. The molecule has 80 valence electrons. The lowest BCUT2D eigenvalue weighted by Gasteiger charge is -1.97. The molecule has 2 aromatic heterocycles. The Hall–Kier alpha value is -1.36. The summed E-state index contributed by atoms with van der Waals surface area (Å²) in [4.78, 5) is 0. The average molecular weight is 323 g/mol. The summed E-state index contributed by atoms with van der Waals surface area (Å²) >= 11 is 0. The minimum absolute atomic E-state index is 0. The van der Waals surface area contributed by atoms with Gasteiger partial charge in [0.1, 0.15) is 5.75 Å². The Morgan fingerprint density at radius 2 is 1.75 bits per heavy atom. The molecule has 0 spiro atoms. The third-order valence-corrected chi connectivity index (χ3v) is 2.60. The lowest BCUT2D eigenvalue weighted by molar-refractivity contribution is -0.481. The summed E-state index contributed by atoms with van der Waals surface area (Å²) in [5.74, 6) is 0.298. The number of nitrogens with zero attached hydrogens (tertiary/aromatic N) is 1. The van der Waals surface area contributed by atoms with E-state index >= 15 is 0 Å². The molecule has 0 amide bonds. The first kappa shape index (κ1) is 11.1. The monoisotopic (exact) mass is 323 g/mol. The number of pyridine rings is 2. The van der Waals surface area contributed by atoms with Crippen LogP contribution in [0.1, 0.15) is 0 Å². The van der Waals surface area contributed by atoms with E-state index in [2.05, 4.69) is 16.5 Å². The number of hydrogen-bond acceptors (Lipinski definition) is 1. The first-order valence-electron chi connectivity index (χ1n) is 4.87. The lowest BCUT2D eigenvalue weighted by atomic mass is 10.2. The fraction of sp³-hybridized carbons (Fsp3) is 0. The van der Waals surface area contributed by atoms with Crippen molar-refractivity contribution in [3.63, 3.8) is 0 Å². The number of fused-ring (bicyclic) bond motifs is 3. The van der Waals surface area contributed by atoms with E-state index in [0.29, 0.717) is 5.75 Å². The molecule has 0 aliphatic carbocycles. The van der Waals surface area contributed by atoms with E-state index in [4.69, 9.17) is 0 Å². The van der Waals surface area contributed by atoms with Crippen LogP contribution in [0.15, 0.2) is 54.7 Å². The van der Waals surface area contributed by atoms with Crippen molar-refractivity contribution in [3.05, 3.63) is 54.7 Å². The zero-order valence-corrected chi connectivity index (χ0v) is 10.6. The highest BCUT2D eigenvalue weighted by Gasteiger charge is 2.07. The van der Waals surface area contributed by atoms with Gasteiger partial charge in [-0.05, 0) is 24.3 Å². The number of phenolic OH excluding ortho intramolecular Hbond substituents is 1. The first-order valence-corrected chi connectivity index (χ1v) is 4.87. The summed E-state index contributed by atoms with van der Waals surface area (Å²) in [6.45, 7) is 0. The summed E-state index contributed by atoms with van der Waals surface area (Å²) in [7, 11) is 0. The van der Waals surface area contributed by atoms with Crippen LogP contribution in [-0.4, -0.2) is 5.11 Å². The molecule has 0 radical (unpaired) electrons. The van der Waals surface area contributed by atoms with Gasteiger partial charge in [0.25, 0.3) is 0 Å². The number of halogens is 1. The lowest BCUT2D eigenvalue weighted by Crippen LogP contribution is -3.00. The van der Waals surface area contributed by atoms with Crippen molar-refractivity contribution in [2.75, 3.05) is 0 Å². The van der Waals surface area contributed by atoms with Gasteiger partial charge in [0.15, 0.2) is 6.20 Å². The molecule has 2 nitrogen and oxygen atoms in total. The second-order valence-electron chi connectivity index (χ2n) is 3.57. The fourth-order valence-corrected chi connectivity index (χ4v) is 1.87. The van der Waals surface area contributed by atoms with E-state index in [-0.39, 0.29) is 24.0 Å². The molecular formula is C13H10INO. The number of hydrogen-bond donors (Lipinski definition) is 1. The molecule has 0 fully saturated rings. The minimum Gasteiger partial charge on any atom is -1.00 e. The van der Waals surface area contributed by atoms with Crippen molar-refractivity contribution < 1.29 is 33.5 Å². The summed E-state index contributed by atoms with van der Waals surface area (Å²) in [5, 5.41) is 10.6. The smallest absolute Gasteiger partial charge is 0.222 e. The Kier molecular flexibility index (Phi) is 2.96. The molecule has 0 bridgehead atoms. The van der Waals surface area contributed by atoms with E-state index in [1.807, 2.05) is 30.5 Å². The summed E-state index contributed by atoms with van der Waals surface area (Å²) in [5.41, 5.74) is 2.14.